The highest BCUT2D eigenvalue weighted by atomic mass is 16.6. The summed E-state index contributed by atoms with van der Waals surface area (Å²) in [6.07, 6.45) is -0.293. The van der Waals surface area contributed by atoms with Crippen LogP contribution in [-0.4, -0.2) is 67.0 Å². The Morgan fingerprint density at radius 2 is 2.03 bits per heavy atom. The number of alkyl carbamates (subject to hydrolysis) is 1. The van der Waals surface area contributed by atoms with Crippen LogP contribution < -0.4 is 15.4 Å². The average Bonchev–Trinajstić information content (AvgIpc) is 3.11. The fourth-order valence-corrected chi connectivity index (χ4v) is 3.07. The summed E-state index contributed by atoms with van der Waals surface area (Å²) in [4.78, 5) is 18.7. The number of nitrogens with zero attached hydrogens (tertiary/aromatic N) is 2. The Hall–Kier alpha value is -2.48. The van der Waals surface area contributed by atoms with Crippen LogP contribution in [0.25, 0.3) is 0 Å². The lowest BCUT2D eigenvalue weighted by Gasteiger charge is -2.23. The van der Waals surface area contributed by atoms with Crippen LogP contribution in [0.4, 0.5) is 4.79 Å². The number of ether oxygens (including phenoxy) is 2. The van der Waals surface area contributed by atoms with Crippen molar-refractivity contribution >= 4 is 12.1 Å². The van der Waals surface area contributed by atoms with E-state index in [0.717, 1.165) is 36.8 Å². The summed E-state index contributed by atoms with van der Waals surface area (Å²) < 4.78 is 10.5. The van der Waals surface area contributed by atoms with Crippen LogP contribution >= 0.6 is 0 Å². The van der Waals surface area contributed by atoms with E-state index in [-0.39, 0.29) is 12.6 Å². The van der Waals surface area contributed by atoms with Gasteiger partial charge in [0.1, 0.15) is 11.4 Å². The molecule has 1 aliphatic rings. The summed E-state index contributed by atoms with van der Waals surface area (Å²) in [5.74, 6) is 1.48. The molecule has 0 bridgehead atoms. The van der Waals surface area contributed by atoms with E-state index in [1.54, 1.807) is 7.11 Å². The molecule has 1 amide bonds. The number of carbonyl (C=O) groups is 1. The highest BCUT2D eigenvalue weighted by Gasteiger charge is 2.28. The van der Waals surface area contributed by atoms with E-state index in [2.05, 4.69) is 20.5 Å². The van der Waals surface area contributed by atoms with Gasteiger partial charge in [0.15, 0.2) is 5.96 Å². The monoisotopic (exact) mass is 406 g/mol. The van der Waals surface area contributed by atoms with Gasteiger partial charge in [0.25, 0.3) is 0 Å². The minimum atomic E-state index is -0.701. The van der Waals surface area contributed by atoms with Crippen LogP contribution in [0.3, 0.4) is 0 Å². The first-order valence-electron chi connectivity index (χ1n) is 10.1. The van der Waals surface area contributed by atoms with Gasteiger partial charge in [0.05, 0.1) is 25.8 Å². The van der Waals surface area contributed by atoms with Crippen LogP contribution in [0.15, 0.2) is 29.3 Å². The molecular formula is C21H34N4O4. The second-order valence-electron chi connectivity index (χ2n) is 8.06. The highest BCUT2D eigenvalue weighted by molar-refractivity contribution is 5.80. The lowest BCUT2D eigenvalue weighted by Crippen LogP contribution is -2.44. The minimum Gasteiger partial charge on any atom is -0.497 e. The summed E-state index contributed by atoms with van der Waals surface area (Å²) in [6, 6.07) is 7.31. The number of amides is 1. The molecule has 29 heavy (non-hydrogen) atoms. The van der Waals surface area contributed by atoms with Crippen LogP contribution in [0.1, 0.15) is 45.8 Å². The maximum absolute atomic E-state index is 12.0. The van der Waals surface area contributed by atoms with Crippen molar-refractivity contribution in [1.29, 1.82) is 0 Å². The number of aliphatic hydroxyl groups is 1. The number of aliphatic hydroxyl groups excluding tert-OH is 1. The molecule has 1 aliphatic heterocycles. The van der Waals surface area contributed by atoms with Gasteiger partial charge < -0.3 is 30.1 Å². The second kappa shape index (κ2) is 10.3. The summed E-state index contributed by atoms with van der Waals surface area (Å²) in [6.45, 7) is 9.91. The van der Waals surface area contributed by atoms with E-state index in [1.807, 2.05) is 52.0 Å². The van der Waals surface area contributed by atoms with Crippen LogP contribution in [0.2, 0.25) is 0 Å². The normalized spacial score (nSPS) is 18.3. The molecule has 0 radical (unpaired) electrons. The minimum absolute atomic E-state index is 0.000202. The Labute approximate surface area is 173 Å². The lowest BCUT2D eigenvalue weighted by molar-refractivity contribution is 0.0507. The molecule has 8 heteroatoms. The van der Waals surface area contributed by atoms with Crippen molar-refractivity contribution in [2.24, 2.45) is 4.99 Å². The van der Waals surface area contributed by atoms with Crippen molar-refractivity contribution in [2.75, 3.05) is 33.3 Å². The van der Waals surface area contributed by atoms with E-state index in [4.69, 9.17) is 9.47 Å². The number of rotatable bonds is 6. The zero-order chi connectivity index (χ0) is 21.4. The van der Waals surface area contributed by atoms with E-state index in [1.165, 1.54) is 0 Å². The molecule has 3 N–H and O–H groups in total. The molecule has 0 aliphatic carbocycles. The first kappa shape index (κ1) is 22.8. The summed E-state index contributed by atoms with van der Waals surface area (Å²) >= 11 is 0. The molecule has 1 fully saturated rings. The molecule has 2 rings (SSSR count). The van der Waals surface area contributed by atoms with Crippen molar-refractivity contribution in [1.82, 2.24) is 15.5 Å². The van der Waals surface area contributed by atoms with Gasteiger partial charge in [-0.1, -0.05) is 12.1 Å². The number of benzene rings is 1. The molecule has 0 aromatic heterocycles. The largest absolute Gasteiger partial charge is 0.497 e. The Kier molecular flexibility index (Phi) is 8.13. The van der Waals surface area contributed by atoms with E-state index in [9.17, 15) is 9.90 Å². The zero-order valence-corrected chi connectivity index (χ0v) is 18.1. The predicted octanol–water partition coefficient (Wildman–Crippen LogP) is 2.29. The van der Waals surface area contributed by atoms with Crippen molar-refractivity contribution in [2.45, 2.75) is 51.9 Å². The molecule has 2 unspecified atom stereocenters. The number of aliphatic imine (C=N–C) groups is 1. The van der Waals surface area contributed by atoms with Crippen molar-refractivity contribution < 1.29 is 19.4 Å². The van der Waals surface area contributed by atoms with Gasteiger partial charge >= 0.3 is 6.09 Å². The molecule has 1 saturated heterocycles. The Morgan fingerprint density at radius 1 is 1.34 bits per heavy atom. The first-order chi connectivity index (χ1) is 13.7. The Morgan fingerprint density at radius 3 is 2.62 bits per heavy atom. The fourth-order valence-electron chi connectivity index (χ4n) is 3.07. The van der Waals surface area contributed by atoms with Gasteiger partial charge in [-0.15, -0.1) is 0 Å². The van der Waals surface area contributed by atoms with Crippen molar-refractivity contribution in [3.8, 4) is 5.75 Å². The molecule has 1 heterocycles. The number of nitrogens with one attached hydrogen (secondary N) is 2. The van der Waals surface area contributed by atoms with Gasteiger partial charge in [-0.2, -0.15) is 0 Å². The maximum atomic E-state index is 12.0. The zero-order valence-electron chi connectivity index (χ0n) is 18.1. The highest BCUT2D eigenvalue weighted by Crippen LogP contribution is 2.18. The third-order valence-corrected chi connectivity index (χ3v) is 4.46. The van der Waals surface area contributed by atoms with Crippen LogP contribution in [-0.2, 0) is 4.74 Å². The number of hydrogen-bond donors (Lipinski definition) is 3. The molecule has 1 aromatic carbocycles. The van der Waals surface area contributed by atoms with Gasteiger partial charge in [-0.05, 0) is 51.8 Å². The molecule has 162 valence electrons. The van der Waals surface area contributed by atoms with Crippen LogP contribution in [0, 0.1) is 0 Å². The smallest absolute Gasteiger partial charge is 0.407 e. The summed E-state index contributed by atoms with van der Waals surface area (Å²) in [7, 11) is 1.61. The SMILES string of the molecule is CCNC(=NCC(O)c1ccc(OC)cc1)N1CCC(NC(=O)OC(C)(C)C)C1. The lowest BCUT2D eigenvalue weighted by atomic mass is 10.1. The van der Waals surface area contributed by atoms with E-state index in [0.29, 0.717) is 6.54 Å². The topological polar surface area (TPSA) is 95.4 Å². The molecule has 1 aromatic rings. The number of methoxy groups -OCH3 is 1. The van der Waals surface area contributed by atoms with Gasteiger partial charge in [0, 0.05) is 19.6 Å². The van der Waals surface area contributed by atoms with Crippen LogP contribution in [0.5, 0.6) is 5.75 Å². The summed E-state index contributed by atoms with van der Waals surface area (Å²) in [5, 5.41) is 16.6. The van der Waals surface area contributed by atoms with E-state index < -0.39 is 17.8 Å². The van der Waals surface area contributed by atoms with Crippen molar-refractivity contribution in [3.63, 3.8) is 0 Å². The second-order valence-corrected chi connectivity index (χ2v) is 8.06. The maximum Gasteiger partial charge on any atom is 0.407 e. The number of guanidine groups is 1. The third kappa shape index (κ3) is 7.45. The van der Waals surface area contributed by atoms with Gasteiger partial charge in [-0.3, -0.25) is 4.99 Å². The standard InChI is InChI=1S/C21H34N4O4/c1-6-22-19(23-13-18(26)15-7-9-17(28-5)10-8-15)25-12-11-16(14-25)24-20(27)29-21(2,3)4/h7-10,16,18,26H,6,11-14H2,1-5H3,(H,22,23)(H,24,27). The predicted molar refractivity (Wildman–Crippen MR) is 113 cm³/mol. The summed E-state index contributed by atoms with van der Waals surface area (Å²) in [5.41, 5.74) is 0.271. The van der Waals surface area contributed by atoms with Gasteiger partial charge in [-0.25, -0.2) is 4.79 Å². The molecular weight excluding hydrogens is 372 g/mol. The molecule has 0 spiro atoms. The Balaban J connectivity index is 1.93. The first-order valence-corrected chi connectivity index (χ1v) is 10.1. The van der Waals surface area contributed by atoms with E-state index >= 15 is 0 Å². The van der Waals surface area contributed by atoms with Gasteiger partial charge in [0.2, 0.25) is 0 Å². The number of hydrogen-bond acceptors (Lipinski definition) is 5. The number of carbonyl (C=O) groups excluding carboxylic acids is 1. The fraction of sp³-hybridized carbons (Fsp3) is 0.619. The molecule has 8 nitrogen and oxygen atoms in total. The molecule has 0 saturated carbocycles. The van der Waals surface area contributed by atoms with Crippen molar-refractivity contribution in [3.05, 3.63) is 29.8 Å². The number of likely N-dealkylation sites (tertiary alicyclic amines) is 1. The average molecular weight is 407 g/mol. The quantitative estimate of drug-likeness (QED) is 0.496. The molecule has 2 atom stereocenters. The third-order valence-electron chi connectivity index (χ3n) is 4.46. The Bertz CT molecular complexity index is 685.